The minimum Gasteiger partial charge on any atom is -0.385 e. The highest BCUT2D eigenvalue weighted by molar-refractivity contribution is 9.10. The van der Waals surface area contributed by atoms with E-state index in [4.69, 9.17) is 0 Å². The lowest BCUT2D eigenvalue weighted by atomic mass is 10.3. The van der Waals surface area contributed by atoms with Gasteiger partial charge in [0.15, 0.2) is 0 Å². The average molecular weight is 347 g/mol. The lowest BCUT2D eigenvalue weighted by Crippen LogP contribution is -2.02. The first-order chi connectivity index (χ1) is 9.81. The zero-order valence-corrected chi connectivity index (χ0v) is 13.4. The van der Waals surface area contributed by atoms with Gasteiger partial charge < -0.3 is 5.32 Å². The summed E-state index contributed by atoms with van der Waals surface area (Å²) in [7, 11) is 0. The molecule has 0 aliphatic rings. The van der Waals surface area contributed by atoms with Gasteiger partial charge in [0.25, 0.3) is 0 Å². The molecule has 0 saturated heterocycles. The Bertz CT molecular complexity index is 694. The minimum absolute atomic E-state index is 0.976. The molecule has 4 heteroatoms. The number of halogens is 1. The number of anilines is 1. The van der Waals surface area contributed by atoms with Crippen LogP contribution in [0.1, 0.15) is 11.4 Å². The Kier molecular flexibility index (Phi) is 4.33. The van der Waals surface area contributed by atoms with Gasteiger partial charge in [-0.2, -0.15) is 0 Å². The molecule has 1 aromatic heterocycles. The molecule has 0 fully saturated rings. The summed E-state index contributed by atoms with van der Waals surface area (Å²) < 4.78 is 2.37. The SMILES string of the molecule is Brc1ccc2nc(CCCNc3ccccc3)sc2c1. The molecule has 3 aromatic rings. The summed E-state index contributed by atoms with van der Waals surface area (Å²) in [5.74, 6) is 0. The number of rotatable bonds is 5. The van der Waals surface area contributed by atoms with Crippen LogP contribution in [0.4, 0.5) is 5.69 Å². The second-order valence-electron chi connectivity index (χ2n) is 4.62. The van der Waals surface area contributed by atoms with Crippen molar-refractivity contribution in [3.05, 3.63) is 58.0 Å². The molecular formula is C16H15BrN2S. The Morgan fingerprint density at radius 2 is 1.95 bits per heavy atom. The molecule has 0 unspecified atom stereocenters. The molecular weight excluding hydrogens is 332 g/mol. The quantitative estimate of drug-likeness (QED) is 0.649. The van der Waals surface area contributed by atoms with Crippen molar-refractivity contribution < 1.29 is 0 Å². The maximum Gasteiger partial charge on any atom is 0.0939 e. The van der Waals surface area contributed by atoms with Crippen LogP contribution in [0, 0.1) is 0 Å². The highest BCUT2D eigenvalue weighted by Gasteiger charge is 2.04. The van der Waals surface area contributed by atoms with E-state index in [9.17, 15) is 0 Å². The minimum atomic E-state index is 0.976. The molecule has 1 N–H and O–H groups in total. The Balaban J connectivity index is 1.55. The smallest absolute Gasteiger partial charge is 0.0939 e. The van der Waals surface area contributed by atoms with Crippen LogP contribution in [-0.2, 0) is 6.42 Å². The Morgan fingerprint density at radius 1 is 1.10 bits per heavy atom. The van der Waals surface area contributed by atoms with E-state index in [0.717, 1.165) is 29.4 Å². The number of nitrogens with one attached hydrogen (secondary N) is 1. The van der Waals surface area contributed by atoms with Crippen molar-refractivity contribution in [1.29, 1.82) is 0 Å². The summed E-state index contributed by atoms with van der Waals surface area (Å²) in [5, 5.41) is 4.64. The zero-order valence-electron chi connectivity index (χ0n) is 11.0. The highest BCUT2D eigenvalue weighted by Crippen LogP contribution is 2.26. The maximum atomic E-state index is 4.67. The normalized spacial score (nSPS) is 10.8. The van der Waals surface area contributed by atoms with Crippen LogP contribution in [-0.4, -0.2) is 11.5 Å². The van der Waals surface area contributed by atoms with Gasteiger partial charge in [0.05, 0.1) is 15.2 Å². The predicted molar refractivity (Wildman–Crippen MR) is 90.6 cm³/mol. The summed E-state index contributed by atoms with van der Waals surface area (Å²) >= 11 is 5.29. The third kappa shape index (κ3) is 3.38. The van der Waals surface area contributed by atoms with Gasteiger partial charge in [0.2, 0.25) is 0 Å². The van der Waals surface area contributed by atoms with E-state index in [-0.39, 0.29) is 0 Å². The van der Waals surface area contributed by atoms with Crippen LogP contribution < -0.4 is 5.32 Å². The number of para-hydroxylation sites is 1. The second kappa shape index (κ2) is 6.37. The van der Waals surface area contributed by atoms with Crippen molar-refractivity contribution in [2.75, 3.05) is 11.9 Å². The molecule has 2 aromatic carbocycles. The summed E-state index contributed by atoms with van der Waals surface area (Å²) in [6.45, 7) is 0.976. The average Bonchev–Trinajstić information content (AvgIpc) is 2.86. The summed E-state index contributed by atoms with van der Waals surface area (Å²) in [4.78, 5) is 4.67. The summed E-state index contributed by atoms with van der Waals surface area (Å²) in [6.07, 6.45) is 2.12. The fourth-order valence-corrected chi connectivity index (χ4v) is 3.64. The first-order valence-electron chi connectivity index (χ1n) is 6.65. The number of hydrogen-bond acceptors (Lipinski definition) is 3. The van der Waals surface area contributed by atoms with E-state index < -0.39 is 0 Å². The molecule has 0 atom stereocenters. The molecule has 0 saturated carbocycles. The van der Waals surface area contributed by atoms with Crippen molar-refractivity contribution in [3.8, 4) is 0 Å². The fraction of sp³-hybridized carbons (Fsp3) is 0.188. The number of hydrogen-bond donors (Lipinski definition) is 1. The van der Waals surface area contributed by atoms with Crippen molar-refractivity contribution in [3.63, 3.8) is 0 Å². The molecule has 1 heterocycles. The lowest BCUT2D eigenvalue weighted by molar-refractivity contribution is 0.857. The molecule has 0 spiro atoms. The summed E-state index contributed by atoms with van der Waals surface area (Å²) in [6, 6.07) is 16.6. The van der Waals surface area contributed by atoms with Gasteiger partial charge in [-0.15, -0.1) is 11.3 Å². The monoisotopic (exact) mass is 346 g/mol. The molecule has 0 radical (unpaired) electrons. The van der Waals surface area contributed by atoms with E-state index >= 15 is 0 Å². The van der Waals surface area contributed by atoms with E-state index in [1.54, 1.807) is 11.3 Å². The van der Waals surface area contributed by atoms with Gasteiger partial charge in [-0.3, -0.25) is 0 Å². The number of nitrogens with zero attached hydrogens (tertiary/aromatic N) is 1. The van der Waals surface area contributed by atoms with Gasteiger partial charge in [-0.25, -0.2) is 4.98 Å². The standard InChI is InChI=1S/C16H15BrN2S/c17-12-8-9-14-15(11-12)20-16(19-14)7-4-10-18-13-5-2-1-3-6-13/h1-3,5-6,8-9,11,18H,4,7,10H2. The zero-order chi connectivity index (χ0) is 13.8. The molecule has 0 bridgehead atoms. The number of fused-ring (bicyclic) bond motifs is 1. The number of thiazole rings is 1. The largest absolute Gasteiger partial charge is 0.385 e. The predicted octanol–water partition coefficient (Wildman–Crippen LogP) is 5.10. The van der Waals surface area contributed by atoms with Crippen LogP contribution in [0.25, 0.3) is 10.2 Å². The molecule has 0 aliphatic heterocycles. The highest BCUT2D eigenvalue weighted by atomic mass is 79.9. The lowest BCUT2D eigenvalue weighted by Gasteiger charge is -2.04. The molecule has 2 nitrogen and oxygen atoms in total. The maximum absolute atomic E-state index is 4.67. The van der Waals surface area contributed by atoms with E-state index in [1.165, 1.54) is 15.4 Å². The Labute approximate surface area is 131 Å². The fourth-order valence-electron chi connectivity index (χ4n) is 2.08. The van der Waals surface area contributed by atoms with E-state index in [0.29, 0.717) is 0 Å². The number of aryl methyl sites for hydroxylation is 1. The van der Waals surface area contributed by atoms with Gasteiger partial charge in [0, 0.05) is 23.1 Å². The molecule has 20 heavy (non-hydrogen) atoms. The van der Waals surface area contributed by atoms with Gasteiger partial charge in [-0.1, -0.05) is 34.1 Å². The van der Waals surface area contributed by atoms with Crippen LogP contribution in [0.15, 0.2) is 53.0 Å². The van der Waals surface area contributed by atoms with Crippen LogP contribution in [0.3, 0.4) is 0 Å². The number of aromatic nitrogens is 1. The van der Waals surface area contributed by atoms with Crippen molar-refractivity contribution >= 4 is 43.2 Å². The Hall–Kier alpha value is -1.39. The topological polar surface area (TPSA) is 24.9 Å². The van der Waals surface area contributed by atoms with Crippen LogP contribution in [0.5, 0.6) is 0 Å². The first-order valence-corrected chi connectivity index (χ1v) is 8.26. The van der Waals surface area contributed by atoms with E-state index in [2.05, 4.69) is 50.5 Å². The third-order valence-electron chi connectivity index (χ3n) is 3.07. The molecule has 0 aliphatic carbocycles. The van der Waals surface area contributed by atoms with Crippen LogP contribution >= 0.6 is 27.3 Å². The third-order valence-corrected chi connectivity index (χ3v) is 4.64. The van der Waals surface area contributed by atoms with E-state index in [1.807, 2.05) is 24.3 Å². The summed E-state index contributed by atoms with van der Waals surface area (Å²) in [5.41, 5.74) is 2.28. The van der Waals surface area contributed by atoms with Gasteiger partial charge >= 0.3 is 0 Å². The molecule has 3 rings (SSSR count). The second-order valence-corrected chi connectivity index (χ2v) is 6.65. The Morgan fingerprint density at radius 3 is 2.80 bits per heavy atom. The molecule has 102 valence electrons. The van der Waals surface area contributed by atoms with Crippen molar-refractivity contribution in [2.24, 2.45) is 0 Å². The van der Waals surface area contributed by atoms with Gasteiger partial charge in [-0.05, 0) is 36.8 Å². The number of benzene rings is 2. The van der Waals surface area contributed by atoms with Crippen molar-refractivity contribution in [1.82, 2.24) is 4.98 Å². The molecule has 0 amide bonds. The van der Waals surface area contributed by atoms with Crippen LogP contribution in [0.2, 0.25) is 0 Å². The van der Waals surface area contributed by atoms with Crippen molar-refractivity contribution in [2.45, 2.75) is 12.8 Å². The van der Waals surface area contributed by atoms with Gasteiger partial charge in [0.1, 0.15) is 0 Å². The first kappa shape index (κ1) is 13.6.